The Hall–Kier alpha value is -2.61. The third-order valence-electron chi connectivity index (χ3n) is 5.96. The molecule has 7 nitrogen and oxygen atoms in total. The van der Waals surface area contributed by atoms with Crippen LogP contribution in [-0.4, -0.2) is 31.8 Å². The van der Waals surface area contributed by atoms with Gasteiger partial charge in [0, 0.05) is 37.3 Å². The second-order valence-electron chi connectivity index (χ2n) is 8.07. The van der Waals surface area contributed by atoms with E-state index in [-0.39, 0.29) is 12.2 Å². The van der Waals surface area contributed by atoms with Crippen LogP contribution in [0.1, 0.15) is 44.6 Å². The molecule has 0 bridgehead atoms. The van der Waals surface area contributed by atoms with Gasteiger partial charge in [-0.1, -0.05) is 31.0 Å². The Bertz CT molecular complexity index is 1200. The van der Waals surface area contributed by atoms with Crippen LogP contribution in [0.15, 0.2) is 27.8 Å². The van der Waals surface area contributed by atoms with Crippen molar-refractivity contribution < 1.29 is 4.39 Å². The van der Waals surface area contributed by atoms with Crippen molar-refractivity contribution >= 4 is 28.7 Å². The van der Waals surface area contributed by atoms with Crippen LogP contribution in [0.4, 0.5) is 10.3 Å². The summed E-state index contributed by atoms with van der Waals surface area (Å²) < 4.78 is 19.0. The van der Waals surface area contributed by atoms with Gasteiger partial charge in [-0.05, 0) is 37.8 Å². The molecule has 0 spiro atoms. The average molecular weight is 448 g/mol. The summed E-state index contributed by atoms with van der Waals surface area (Å²) in [5, 5.41) is 0.294. The molecule has 1 fully saturated rings. The maximum absolute atomic E-state index is 14.6. The van der Waals surface area contributed by atoms with Gasteiger partial charge in [0.15, 0.2) is 11.2 Å². The van der Waals surface area contributed by atoms with Crippen molar-refractivity contribution in [2.75, 3.05) is 18.0 Å². The Morgan fingerprint density at radius 1 is 1.13 bits per heavy atom. The van der Waals surface area contributed by atoms with E-state index in [1.54, 1.807) is 23.7 Å². The number of piperidine rings is 1. The number of aryl methyl sites for hydroxylation is 1. The molecule has 0 radical (unpaired) electrons. The number of unbranched alkanes of at least 4 members (excludes halogenated alkanes) is 1. The van der Waals surface area contributed by atoms with Crippen molar-refractivity contribution in [3.63, 3.8) is 0 Å². The zero-order chi connectivity index (χ0) is 22.1. The maximum Gasteiger partial charge on any atom is 0.332 e. The molecule has 166 valence electrons. The minimum atomic E-state index is -0.435. The van der Waals surface area contributed by atoms with Gasteiger partial charge < -0.3 is 4.90 Å². The fourth-order valence-corrected chi connectivity index (χ4v) is 4.42. The smallest absolute Gasteiger partial charge is 0.332 e. The summed E-state index contributed by atoms with van der Waals surface area (Å²) in [4.78, 5) is 33.1. The first kappa shape index (κ1) is 21.6. The molecule has 0 amide bonds. The van der Waals surface area contributed by atoms with Crippen molar-refractivity contribution in [1.29, 1.82) is 0 Å². The monoisotopic (exact) mass is 447 g/mol. The lowest BCUT2D eigenvalue weighted by atomic mass is 10.1. The van der Waals surface area contributed by atoms with Crippen molar-refractivity contribution in [3.05, 3.63) is 55.4 Å². The van der Waals surface area contributed by atoms with Crippen LogP contribution in [0.3, 0.4) is 0 Å². The third kappa shape index (κ3) is 3.89. The first-order chi connectivity index (χ1) is 14.9. The molecule has 1 aliphatic rings. The number of nitrogens with zero attached hydrogens (tertiary/aromatic N) is 5. The Kier molecular flexibility index (Phi) is 6.18. The Balaban J connectivity index is 1.98. The molecule has 0 unspecified atom stereocenters. The molecular formula is C22H27ClFN5O2. The molecule has 0 atom stereocenters. The predicted octanol–water partition coefficient (Wildman–Crippen LogP) is 3.53. The van der Waals surface area contributed by atoms with Crippen LogP contribution >= 0.6 is 11.6 Å². The quantitative estimate of drug-likeness (QED) is 0.580. The molecule has 31 heavy (non-hydrogen) atoms. The van der Waals surface area contributed by atoms with E-state index in [4.69, 9.17) is 16.6 Å². The molecule has 1 aliphatic heterocycles. The van der Waals surface area contributed by atoms with E-state index in [0.29, 0.717) is 40.7 Å². The molecule has 0 saturated carbocycles. The lowest BCUT2D eigenvalue weighted by molar-refractivity contribution is 0.554. The van der Waals surface area contributed by atoms with E-state index in [1.165, 1.54) is 15.2 Å². The first-order valence-electron chi connectivity index (χ1n) is 10.8. The fraction of sp³-hybridized carbons (Fsp3) is 0.500. The normalized spacial score (nSPS) is 14.5. The van der Waals surface area contributed by atoms with Crippen LogP contribution in [0.2, 0.25) is 5.02 Å². The van der Waals surface area contributed by atoms with Gasteiger partial charge >= 0.3 is 5.69 Å². The van der Waals surface area contributed by atoms with E-state index in [0.717, 1.165) is 38.8 Å². The molecule has 1 aromatic carbocycles. The van der Waals surface area contributed by atoms with Crippen molar-refractivity contribution in [3.8, 4) is 0 Å². The number of aromatic nitrogens is 4. The highest BCUT2D eigenvalue weighted by Crippen LogP contribution is 2.27. The van der Waals surface area contributed by atoms with Gasteiger partial charge in [0.2, 0.25) is 5.95 Å². The first-order valence-corrected chi connectivity index (χ1v) is 11.2. The van der Waals surface area contributed by atoms with Crippen molar-refractivity contribution in [2.45, 2.75) is 52.1 Å². The Morgan fingerprint density at radius 3 is 2.55 bits per heavy atom. The number of imidazole rings is 1. The van der Waals surface area contributed by atoms with E-state index >= 15 is 0 Å². The number of fused-ring (bicyclic) bond motifs is 1. The second-order valence-corrected chi connectivity index (χ2v) is 8.48. The molecule has 1 saturated heterocycles. The number of benzene rings is 1. The van der Waals surface area contributed by atoms with E-state index < -0.39 is 11.4 Å². The zero-order valence-electron chi connectivity index (χ0n) is 17.9. The summed E-state index contributed by atoms with van der Waals surface area (Å²) in [6, 6.07) is 4.55. The summed E-state index contributed by atoms with van der Waals surface area (Å²) in [7, 11) is 1.62. The molecule has 2 aromatic heterocycles. The number of halogens is 2. The van der Waals surface area contributed by atoms with Crippen LogP contribution < -0.4 is 16.1 Å². The van der Waals surface area contributed by atoms with Crippen LogP contribution in [0, 0.1) is 5.82 Å². The summed E-state index contributed by atoms with van der Waals surface area (Å²) in [6.07, 6.45) is 4.74. The molecule has 9 heteroatoms. The molecular weight excluding hydrogens is 421 g/mol. The molecule has 0 aliphatic carbocycles. The number of anilines is 1. The Morgan fingerprint density at radius 2 is 1.87 bits per heavy atom. The second kappa shape index (κ2) is 8.86. The molecule has 0 N–H and O–H groups in total. The summed E-state index contributed by atoms with van der Waals surface area (Å²) >= 11 is 6.31. The topological polar surface area (TPSA) is 65.1 Å². The van der Waals surface area contributed by atoms with Crippen molar-refractivity contribution in [1.82, 2.24) is 18.7 Å². The Labute approximate surface area is 184 Å². The minimum absolute atomic E-state index is 0.0645. The van der Waals surface area contributed by atoms with Gasteiger partial charge in [-0.15, -0.1) is 0 Å². The summed E-state index contributed by atoms with van der Waals surface area (Å²) in [5.41, 5.74) is 0.142. The van der Waals surface area contributed by atoms with Gasteiger partial charge in [-0.3, -0.25) is 18.5 Å². The van der Waals surface area contributed by atoms with E-state index in [2.05, 4.69) is 4.90 Å². The van der Waals surface area contributed by atoms with E-state index in [9.17, 15) is 14.0 Å². The van der Waals surface area contributed by atoms with Gasteiger partial charge in [-0.25, -0.2) is 9.18 Å². The summed E-state index contributed by atoms with van der Waals surface area (Å²) in [5.74, 6) is 0.143. The third-order valence-corrected chi connectivity index (χ3v) is 6.32. The number of hydrogen-bond donors (Lipinski definition) is 0. The largest absolute Gasteiger partial charge is 0.342 e. The van der Waals surface area contributed by atoms with Gasteiger partial charge in [-0.2, -0.15) is 4.98 Å². The molecule has 4 rings (SSSR count). The van der Waals surface area contributed by atoms with Gasteiger partial charge in [0.1, 0.15) is 5.82 Å². The SMILES string of the molecule is CCCCn1c(=O)c2c(nc(N3CCCCC3)n2Cc2c(F)cccc2Cl)n(C)c1=O. The predicted molar refractivity (Wildman–Crippen MR) is 121 cm³/mol. The highest BCUT2D eigenvalue weighted by molar-refractivity contribution is 6.31. The van der Waals surface area contributed by atoms with Crippen LogP contribution in [-0.2, 0) is 20.1 Å². The molecule has 3 aromatic rings. The maximum atomic E-state index is 14.6. The highest BCUT2D eigenvalue weighted by atomic mass is 35.5. The molecule has 3 heterocycles. The van der Waals surface area contributed by atoms with Crippen molar-refractivity contribution in [2.24, 2.45) is 7.05 Å². The van der Waals surface area contributed by atoms with E-state index in [1.807, 2.05) is 6.92 Å². The lowest BCUT2D eigenvalue weighted by Gasteiger charge is -2.28. The van der Waals surface area contributed by atoms with Crippen LogP contribution in [0.5, 0.6) is 0 Å². The highest BCUT2D eigenvalue weighted by Gasteiger charge is 2.25. The van der Waals surface area contributed by atoms with Gasteiger partial charge in [0.05, 0.1) is 6.54 Å². The average Bonchev–Trinajstić information content (AvgIpc) is 3.15. The fourth-order valence-electron chi connectivity index (χ4n) is 4.20. The van der Waals surface area contributed by atoms with Crippen LogP contribution in [0.25, 0.3) is 11.2 Å². The van der Waals surface area contributed by atoms with Gasteiger partial charge in [0.25, 0.3) is 5.56 Å². The zero-order valence-corrected chi connectivity index (χ0v) is 18.7. The minimum Gasteiger partial charge on any atom is -0.342 e. The lowest BCUT2D eigenvalue weighted by Crippen LogP contribution is -2.39. The number of rotatable bonds is 6. The standard InChI is InChI=1S/C22H27ClFN5O2/c1-3-4-13-28-20(30)18-19(26(2)22(28)31)25-21(27-11-6-5-7-12-27)29(18)14-15-16(23)9-8-10-17(15)24/h8-10H,3-7,11-14H2,1-2H3. The number of hydrogen-bond acceptors (Lipinski definition) is 4. The summed E-state index contributed by atoms with van der Waals surface area (Å²) in [6.45, 7) is 4.00.